The Balaban J connectivity index is 1.94. The van der Waals surface area contributed by atoms with Crippen molar-refractivity contribution < 1.29 is 4.42 Å². The van der Waals surface area contributed by atoms with Crippen molar-refractivity contribution in [2.75, 3.05) is 26.5 Å². The molecule has 0 saturated heterocycles. The molecular formula is C18H20N4O. The van der Waals surface area contributed by atoms with E-state index in [0.717, 1.165) is 23.4 Å². The van der Waals surface area contributed by atoms with Crippen LogP contribution in [0.1, 0.15) is 5.56 Å². The molecular weight excluding hydrogens is 288 g/mol. The average Bonchev–Trinajstić information content (AvgIpc) is 3.05. The van der Waals surface area contributed by atoms with E-state index in [1.807, 2.05) is 63.6 Å². The third-order valence-corrected chi connectivity index (χ3v) is 3.55. The number of nitrogens with zero attached hydrogens (tertiary/aromatic N) is 3. The number of hydrogen-bond acceptors (Lipinski definition) is 5. The van der Waals surface area contributed by atoms with Crippen LogP contribution in [0.15, 0.2) is 52.9 Å². The fourth-order valence-corrected chi connectivity index (χ4v) is 2.48. The Labute approximate surface area is 136 Å². The van der Waals surface area contributed by atoms with Crippen LogP contribution in [0.5, 0.6) is 0 Å². The van der Waals surface area contributed by atoms with Crippen LogP contribution in [0, 0.1) is 0 Å². The molecule has 0 saturated carbocycles. The molecule has 0 amide bonds. The first-order valence-electron chi connectivity index (χ1n) is 7.52. The fourth-order valence-electron chi connectivity index (χ4n) is 2.48. The van der Waals surface area contributed by atoms with Crippen molar-refractivity contribution >= 4 is 5.69 Å². The molecule has 0 fully saturated rings. The molecule has 0 aliphatic rings. The quantitative estimate of drug-likeness (QED) is 0.781. The topological polar surface area (TPSA) is 54.2 Å². The number of hydrogen-bond donors (Lipinski definition) is 1. The summed E-state index contributed by atoms with van der Waals surface area (Å²) in [5, 5.41) is 11.6. The van der Waals surface area contributed by atoms with Crippen LogP contribution in [-0.2, 0) is 6.54 Å². The second-order valence-electron chi connectivity index (χ2n) is 5.64. The predicted molar refractivity (Wildman–Crippen MR) is 92.1 cm³/mol. The van der Waals surface area contributed by atoms with Gasteiger partial charge in [-0.1, -0.05) is 18.2 Å². The van der Waals surface area contributed by atoms with Crippen LogP contribution in [0.2, 0.25) is 0 Å². The first kappa shape index (κ1) is 15.2. The second-order valence-corrected chi connectivity index (χ2v) is 5.64. The Morgan fingerprint density at radius 1 is 0.957 bits per heavy atom. The minimum absolute atomic E-state index is 0.534. The SMILES string of the molecule is CNc1ccc(-c2nnc(-c3ccccc3)o2)cc1CN(C)C. The van der Waals surface area contributed by atoms with Gasteiger partial charge >= 0.3 is 0 Å². The highest BCUT2D eigenvalue weighted by Gasteiger charge is 2.12. The Morgan fingerprint density at radius 2 is 1.65 bits per heavy atom. The van der Waals surface area contributed by atoms with Gasteiger partial charge in [0.15, 0.2) is 0 Å². The van der Waals surface area contributed by atoms with E-state index in [0.29, 0.717) is 11.8 Å². The van der Waals surface area contributed by atoms with Crippen LogP contribution in [0.25, 0.3) is 22.9 Å². The first-order chi connectivity index (χ1) is 11.2. The molecule has 0 radical (unpaired) electrons. The lowest BCUT2D eigenvalue weighted by atomic mass is 10.1. The number of rotatable bonds is 5. The van der Waals surface area contributed by atoms with Crippen molar-refractivity contribution in [2.24, 2.45) is 0 Å². The Morgan fingerprint density at radius 3 is 2.30 bits per heavy atom. The summed E-state index contributed by atoms with van der Waals surface area (Å²) >= 11 is 0. The highest BCUT2D eigenvalue weighted by atomic mass is 16.4. The molecule has 5 nitrogen and oxygen atoms in total. The Bertz CT molecular complexity index is 781. The van der Waals surface area contributed by atoms with Gasteiger partial charge in [-0.15, -0.1) is 10.2 Å². The molecule has 1 N–H and O–H groups in total. The van der Waals surface area contributed by atoms with E-state index in [1.165, 1.54) is 5.56 Å². The highest BCUT2D eigenvalue weighted by molar-refractivity contribution is 5.64. The molecule has 0 atom stereocenters. The van der Waals surface area contributed by atoms with E-state index in [4.69, 9.17) is 4.42 Å². The zero-order chi connectivity index (χ0) is 16.2. The summed E-state index contributed by atoms with van der Waals surface area (Å²) in [6.07, 6.45) is 0. The van der Waals surface area contributed by atoms with Gasteiger partial charge in [-0.2, -0.15) is 0 Å². The zero-order valence-corrected chi connectivity index (χ0v) is 13.6. The minimum Gasteiger partial charge on any atom is -0.416 e. The van der Waals surface area contributed by atoms with Crippen molar-refractivity contribution in [2.45, 2.75) is 6.54 Å². The van der Waals surface area contributed by atoms with Crippen molar-refractivity contribution in [1.82, 2.24) is 15.1 Å². The van der Waals surface area contributed by atoms with Crippen LogP contribution < -0.4 is 5.32 Å². The molecule has 0 bridgehead atoms. The normalized spacial score (nSPS) is 11.0. The van der Waals surface area contributed by atoms with Gasteiger partial charge in [0.05, 0.1) is 0 Å². The van der Waals surface area contributed by atoms with Crippen molar-refractivity contribution in [3.05, 3.63) is 54.1 Å². The predicted octanol–water partition coefficient (Wildman–Crippen LogP) is 3.51. The van der Waals surface area contributed by atoms with Gasteiger partial charge in [0.2, 0.25) is 11.8 Å². The average molecular weight is 308 g/mol. The molecule has 23 heavy (non-hydrogen) atoms. The van der Waals surface area contributed by atoms with E-state index < -0.39 is 0 Å². The Kier molecular flexibility index (Phi) is 4.39. The van der Waals surface area contributed by atoms with Crippen molar-refractivity contribution in [3.63, 3.8) is 0 Å². The summed E-state index contributed by atoms with van der Waals surface area (Å²) in [5.74, 6) is 1.07. The summed E-state index contributed by atoms with van der Waals surface area (Å²) in [4.78, 5) is 2.13. The molecule has 2 aromatic carbocycles. The maximum Gasteiger partial charge on any atom is 0.248 e. The van der Waals surface area contributed by atoms with Gasteiger partial charge in [-0.05, 0) is 50.0 Å². The van der Waals surface area contributed by atoms with Gasteiger partial charge in [0.1, 0.15) is 0 Å². The third-order valence-electron chi connectivity index (χ3n) is 3.55. The third kappa shape index (κ3) is 3.40. The van der Waals surface area contributed by atoms with Gasteiger partial charge in [-0.3, -0.25) is 0 Å². The number of aromatic nitrogens is 2. The summed E-state index contributed by atoms with van der Waals surface area (Å²) in [5.41, 5.74) is 4.14. The van der Waals surface area contributed by atoms with E-state index in [1.54, 1.807) is 0 Å². The van der Waals surface area contributed by atoms with E-state index >= 15 is 0 Å². The monoisotopic (exact) mass is 308 g/mol. The zero-order valence-electron chi connectivity index (χ0n) is 13.6. The lowest BCUT2D eigenvalue weighted by Crippen LogP contribution is -2.12. The minimum atomic E-state index is 0.534. The van der Waals surface area contributed by atoms with Gasteiger partial charge in [0.25, 0.3) is 0 Å². The van der Waals surface area contributed by atoms with E-state index in [9.17, 15) is 0 Å². The van der Waals surface area contributed by atoms with Gasteiger partial charge < -0.3 is 14.6 Å². The summed E-state index contributed by atoms with van der Waals surface area (Å²) < 4.78 is 5.83. The number of benzene rings is 2. The van der Waals surface area contributed by atoms with Gasteiger partial charge in [0, 0.05) is 30.4 Å². The van der Waals surface area contributed by atoms with Crippen LogP contribution >= 0.6 is 0 Å². The lowest BCUT2D eigenvalue weighted by molar-refractivity contribution is 0.403. The maximum absolute atomic E-state index is 5.83. The largest absolute Gasteiger partial charge is 0.416 e. The smallest absolute Gasteiger partial charge is 0.248 e. The summed E-state index contributed by atoms with van der Waals surface area (Å²) in [7, 11) is 6.02. The van der Waals surface area contributed by atoms with E-state index in [-0.39, 0.29) is 0 Å². The second kappa shape index (κ2) is 6.62. The van der Waals surface area contributed by atoms with Crippen molar-refractivity contribution in [3.8, 4) is 22.9 Å². The first-order valence-corrected chi connectivity index (χ1v) is 7.52. The van der Waals surface area contributed by atoms with E-state index in [2.05, 4.69) is 26.5 Å². The molecule has 5 heteroatoms. The molecule has 0 aliphatic heterocycles. The highest BCUT2D eigenvalue weighted by Crippen LogP contribution is 2.27. The van der Waals surface area contributed by atoms with Crippen LogP contribution in [-0.4, -0.2) is 36.2 Å². The number of nitrogens with one attached hydrogen (secondary N) is 1. The lowest BCUT2D eigenvalue weighted by Gasteiger charge is -2.14. The van der Waals surface area contributed by atoms with Crippen LogP contribution in [0.4, 0.5) is 5.69 Å². The maximum atomic E-state index is 5.83. The fraction of sp³-hybridized carbons (Fsp3) is 0.222. The summed E-state index contributed by atoms with van der Waals surface area (Å²) in [6, 6.07) is 15.9. The molecule has 118 valence electrons. The molecule has 0 spiro atoms. The number of anilines is 1. The van der Waals surface area contributed by atoms with Crippen molar-refractivity contribution in [1.29, 1.82) is 0 Å². The molecule has 1 aromatic heterocycles. The molecule has 3 aromatic rings. The molecule has 1 heterocycles. The molecule has 3 rings (SSSR count). The molecule has 0 unspecified atom stereocenters. The molecule has 0 aliphatic carbocycles. The summed E-state index contributed by atoms with van der Waals surface area (Å²) in [6.45, 7) is 0.837. The van der Waals surface area contributed by atoms with Gasteiger partial charge in [-0.25, -0.2) is 0 Å². The van der Waals surface area contributed by atoms with Crippen LogP contribution in [0.3, 0.4) is 0 Å². The standard InChI is InChI=1S/C18H20N4O/c1-19-16-10-9-14(11-15(16)12-22(2)3)18-21-20-17(23-18)13-7-5-4-6-8-13/h4-11,19H,12H2,1-3H3. The Hall–Kier alpha value is -2.66.